The first-order valence-corrected chi connectivity index (χ1v) is 8.76. The molecule has 0 saturated carbocycles. The van der Waals surface area contributed by atoms with E-state index in [-0.39, 0.29) is 11.9 Å². The van der Waals surface area contributed by atoms with Crippen LogP contribution in [0.2, 0.25) is 0 Å². The van der Waals surface area contributed by atoms with Gasteiger partial charge in [0.1, 0.15) is 5.75 Å². The van der Waals surface area contributed by atoms with Gasteiger partial charge in [0.2, 0.25) is 6.43 Å². The van der Waals surface area contributed by atoms with Gasteiger partial charge in [0.15, 0.2) is 11.0 Å². The van der Waals surface area contributed by atoms with Gasteiger partial charge < -0.3 is 9.47 Å². The summed E-state index contributed by atoms with van der Waals surface area (Å²) in [6, 6.07) is 7.45. The molecule has 1 aliphatic rings. The van der Waals surface area contributed by atoms with E-state index in [1.165, 1.54) is 0 Å². The molecule has 24 heavy (non-hydrogen) atoms. The molecule has 1 fully saturated rings. The minimum Gasteiger partial charge on any atom is -0.497 e. The molecular formula is C16H19F2N3O2S. The van der Waals surface area contributed by atoms with E-state index in [4.69, 9.17) is 9.47 Å². The summed E-state index contributed by atoms with van der Waals surface area (Å²) < 4.78 is 37.8. The van der Waals surface area contributed by atoms with E-state index in [1.54, 1.807) is 7.11 Å². The fraction of sp³-hybridized carbons (Fsp3) is 0.500. The topological polar surface area (TPSA) is 49.2 Å². The van der Waals surface area contributed by atoms with E-state index in [1.807, 2.05) is 28.8 Å². The van der Waals surface area contributed by atoms with Gasteiger partial charge in [0.05, 0.1) is 25.5 Å². The van der Waals surface area contributed by atoms with Crippen LogP contribution in [-0.2, 0) is 11.3 Å². The van der Waals surface area contributed by atoms with Crippen LogP contribution in [0.5, 0.6) is 5.75 Å². The zero-order valence-electron chi connectivity index (χ0n) is 13.3. The van der Waals surface area contributed by atoms with Crippen LogP contribution in [-0.4, -0.2) is 46.8 Å². The van der Waals surface area contributed by atoms with Crippen molar-refractivity contribution in [3.8, 4) is 17.1 Å². The lowest BCUT2D eigenvalue weighted by Crippen LogP contribution is -2.17. The molecule has 1 aliphatic heterocycles. The first kappa shape index (κ1) is 17.2. The van der Waals surface area contributed by atoms with Crippen molar-refractivity contribution in [1.29, 1.82) is 0 Å². The number of ether oxygens (including phenoxy) is 2. The summed E-state index contributed by atoms with van der Waals surface area (Å²) in [6.07, 6.45) is -0.334. The molecular weight excluding hydrogens is 336 g/mol. The Hall–Kier alpha value is -1.67. The quantitative estimate of drug-likeness (QED) is 0.712. The van der Waals surface area contributed by atoms with Gasteiger partial charge in [-0.3, -0.25) is 4.57 Å². The molecule has 0 N–H and O–H groups in total. The standard InChI is InChI=1S/C16H19F2N3O2S/c1-22-12-6-4-11(5-7-12)15-19-20-16(24-10-14(17)18)21(15)9-13-3-2-8-23-13/h4-7,13-14H,2-3,8-10H2,1H3. The number of methoxy groups -OCH3 is 1. The van der Waals surface area contributed by atoms with Gasteiger partial charge in [-0.2, -0.15) is 0 Å². The number of hydrogen-bond acceptors (Lipinski definition) is 5. The molecule has 2 aromatic rings. The maximum absolute atomic E-state index is 12.6. The van der Waals surface area contributed by atoms with Crippen molar-refractivity contribution in [2.75, 3.05) is 19.5 Å². The van der Waals surface area contributed by atoms with Crippen LogP contribution in [0.4, 0.5) is 8.78 Å². The predicted octanol–water partition coefficient (Wildman–Crippen LogP) is 3.49. The molecule has 1 saturated heterocycles. The lowest BCUT2D eigenvalue weighted by molar-refractivity contribution is 0.0953. The molecule has 130 valence electrons. The molecule has 1 aromatic heterocycles. The highest BCUT2D eigenvalue weighted by atomic mass is 32.2. The Labute approximate surface area is 143 Å². The largest absolute Gasteiger partial charge is 0.497 e. The number of alkyl halides is 2. The fourth-order valence-electron chi connectivity index (χ4n) is 2.64. The highest BCUT2D eigenvalue weighted by molar-refractivity contribution is 7.99. The number of thioether (sulfide) groups is 1. The number of benzene rings is 1. The number of halogens is 2. The molecule has 1 aromatic carbocycles. The van der Waals surface area contributed by atoms with Crippen LogP contribution in [0.25, 0.3) is 11.4 Å². The SMILES string of the molecule is COc1ccc(-c2nnc(SCC(F)F)n2CC2CCCO2)cc1. The molecule has 0 amide bonds. The Bertz CT molecular complexity index is 658. The third-order valence-electron chi connectivity index (χ3n) is 3.81. The van der Waals surface area contributed by atoms with Crippen LogP contribution in [0.15, 0.2) is 29.4 Å². The summed E-state index contributed by atoms with van der Waals surface area (Å²) in [4.78, 5) is 0. The zero-order chi connectivity index (χ0) is 16.9. The van der Waals surface area contributed by atoms with Crippen molar-refractivity contribution in [1.82, 2.24) is 14.8 Å². The summed E-state index contributed by atoms with van der Waals surface area (Å²) >= 11 is 1.02. The summed E-state index contributed by atoms with van der Waals surface area (Å²) in [7, 11) is 1.61. The number of aromatic nitrogens is 3. The third kappa shape index (κ3) is 4.05. The summed E-state index contributed by atoms with van der Waals surface area (Å²) in [6.45, 7) is 1.31. The van der Waals surface area contributed by atoms with E-state index < -0.39 is 6.43 Å². The maximum Gasteiger partial charge on any atom is 0.248 e. The van der Waals surface area contributed by atoms with E-state index in [0.717, 1.165) is 42.5 Å². The highest BCUT2D eigenvalue weighted by Gasteiger charge is 2.22. The maximum atomic E-state index is 12.6. The van der Waals surface area contributed by atoms with Crippen molar-refractivity contribution in [2.45, 2.75) is 37.1 Å². The zero-order valence-corrected chi connectivity index (χ0v) is 14.1. The Kier molecular flexibility index (Phi) is 5.68. The predicted molar refractivity (Wildman–Crippen MR) is 87.7 cm³/mol. The van der Waals surface area contributed by atoms with Gasteiger partial charge in [0.25, 0.3) is 0 Å². The van der Waals surface area contributed by atoms with Crippen LogP contribution < -0.4 is 4.74 Å². The van der Waals surface area contributed by atoms with Crippen LogP contribution in [0.1, 0.15) is 12.8 Å². The smallest absolute Gasteiger partial charge is 0.248 e. The molecule has 0 aliphatic carbocycles. The van der Waals surface area contributed by atoms with Crippen molar-refractivity contribution in [3.63, 3.8) is 0 Å². The molecule has 1 unspecified atom stereocenters. The van der Waals surface area contributed by atoms with E-state index in [9.17, 15) is 8.78 Å². The number of hydrogen-bond donors (Lipinski definition) is 0. The summed E-state index contributed by atoms with van der Waals surface area (Å²) in [5, 5.41) is 8.81. The van der Waals surface area contributed by atoms with Gasteiger partial charge >= 0.3 is 0 Å². The highest BCUT2D eigenvalue weighted by Crippen LogP contribution is 2.28. The second-order valence-electron chi connectivity index (χ2n) is 5.48. The van der Waals surface area contributed by atoms with Crippen LogP contribution in [0, 0.1) is 0 Å². The normalized spacial score (nSPS) is 17.6. The van der Waals surface area contributed by atoms with E-state index in [2.05, 4.69) is 10.2 Å². The average Bonchev–Trinajstić information content (AvgIpc) is 3.23. The van der Waals surface area contributed by atoms with Crippen molar-refractivity contribution in [3.05, 3.63) is 24.3 Å². The third-order valence-corrected chi connectivity index (χ3v) is 4.79. The van der Waals surface area contributed by atoms with Gasteiger partial charge in [-0.1, -0.05) is 11.8 Å². The van der Waals surface area contributed by atoms with Gasteiger partial charge in [-0.25, -0.2) is 8.78 Å². The van der Waals surface area contributed by atoms with Gasteiger partial charge in [0, 0.05) is 12.2 Å². The molecule has 5 nitrogen and oxygen atoms in total. The number of nitrogens with zero attached hydrogens (tertiary/aromatic N) is 3. The molecule has 0 spiro atoms. The first-order valence-electron chi connectivity index (χ1n) is 7.77. The van der Waals surface area contributed by atoms with Crippen LogP contribution in [0.3, 0.4) is 0 Å². The van der Waals surface area contributed by atoms with Gasteiger partial charge in [-0.05, 0) is 37.1 Å². The lowest BCUT2D eigenvalue weighted by atomic mass is 10.2. The molecule has 0 bridgehead atoms. The van der Waals surface area contributed by atoms with E-state index in [0.29, 0.717) is 17.5 Å². The minimum absolute atomic E-state index is 0.0731. The summed E-state index contributed by atoms with van der Waals surface area (Å²) in [5.74, 6) is 1.10. The van der Waals surface area contributed by atoms with Crippen molar-refractivity contribution in [2.24, 2.45) is 0 Å². The second kappa shape index (κ2) is 7.94. The summed E-state index contributed by atoms with van der Waals surface area (Å²) in [5.41, 5.74) is 0.866. The molecule has 3 rings (SSSR count). The Morgan fingerprint density at radius 2 is 2.12 bits per heavy atom. The first-order chi connectivity index (χ1) is 11.7. The van der Waals surface area contributed by atoms with Crippen molar-refractivity contribution >= 4 is 11.8 Å². The van der Waals surface area contributed by atoms with Gasteiger partial charge in [-0.15, -0.1) is 10.2 Å². The molecule has 1 atom stereocenters. The lowest BCUT2D eigenvalue weighted by Gasteiger charge is -2.14. The fourth-order valence-corrected chi connectivity index (χ4v) is 3.33. The Balaban J connectivity index is 1.88. The Morgan fingerprint density at radius 3 is 2.75 bits per heavy atom. The van der Waals surface area contributed by atoms with E-state index >= 15 is 0 Å². The minimum atomic E-state index is -2.38. The Morgan fingerprint density at radius 1 is 1.33 bits per heavy atom. The van der Waals surface area contributed by atoms with Crippen LogP contribution >= 0.6 is 11.8 Å². The number of rotatable bonds is 7. The molecule has 0 radical (unpaired) electrons. The second-order valence-corrected chi connectivity index (χ2v) is 6.47. The molecule has 8 heteroatoms. The monoisotopic (exact) mass is 355 g/mol. The molecule has 2 heterocycles. The average molecular weight is 355 g/mol. The van der Waals surface area contributed by atoms with Crippen molar-refractivity contribution < 1.29 is 18.3 Å².